The van der Waals surface area contributed by atoms with E-state index in [4.69, 9.17) is 0 Å². The second-order valence-electron chi connectivity index (χ2n) is 6.51. The summed E-state index contributed by atoms with van der Waals surface area (Å²) in [4.78, 5) is 18.4. The van der Waals surface area contributed by atoms with Crippen LogP contribution in [0.3, 0.4) is 0 Å². The number of guanidine groups is 1. The highest BCUT2D eigenvalue weighted by Gasteiger charge is 2.27. The van der Waals surface area contributed by atoms with E-state index >= 15 is 0 Å². The summed E-state index contributed by atoms with van der Waals surface area (Å²) in [5, 5.41) is 9.20. The lowest BCUT2D eigenvalue weighted by Crippen LogP contribution is -2.49. The fourth-order valence-electron chi connectivity index (χ4n) is 2.20. The summed E-state index contributed by atoms with van der Waals surface area (Å²) >= 11 is 0. The lowest BCUT2D eigenvalue weighted by atomic mass is 10.1. The molecule has 0 heterocycles. The van der Waals surface area contributed by atoms with Crippen LogP contribution in [0.25, 0.3) is 0 Å². The number of carbonyl (C=O) groups is 1. The average Bonchev–Trinajstić information content (AvgIpc) is 3.20. The Morgan fingerprint density at radius 3 is 2.43 bits per heavy atom. The van der Waals surface area contributed by atoms with Crippen LogP contribution < -0.4 is 16.0 Å². The van der Waals surface area contributed by atoms with Crippen LogP contribution in [0.15, 0.2) is 4.99 Å². The Hall–Kier alpha value is -1.30. The summed E-state index contributed by atoms with van der Waals surface area (Å²) in [5.41, 5.74) is -0.207. The molecule has 0 aromatic rings. The molecule has 1 fully saturated rings. The van der Waals surface area contributed by atoms with Crippen molar-refractivity contribution < 1.29 is 4.79 Å². The quantitative estimate of drug-likeness (QED) is 0.474. The van der Waals surface area contributed by atoms with Gasteiger partial charge in [-0.1, -0.05) is 6.92 Å². The van der Waals surface area contributed by atoms with Crippen molar-refractivity contribution in [1.82, 2.24) is 20.9 Å². The van der Waals surface area contributed by atoms with Gasteiger partial charge in [-0.15, -0.1) is 0 Å². The molecule has 0 atom stereocenters. The van der Waals surface area contributed by atoms with Gasteiger partial charge in [0.25, 0.3) is 0 Å². The SMILES string of the molecule is CCN(CCNC(=NC)NCC(=O)NC(C)(C)C)C1CC1. The van der Waals surface area contributed by atoms with Gasteiger partial charge in [-0.3, -0.25) is 14.7 Å². The smallest absolute Gasteiger partial charge is 0.239 e. The van der Waals surface area contributed by atoms with Gasteiger partial charge < -0.3 is 16.0 Å². The minimum atomic E-state index is -0.207. The molecule has 0 saturated heterocycles. The largest absolute Gasteiger partial charge is 0.355 e. The van der Waals surface area contributed by atoms with E-state index in [9.17, 15) is 4.79 Å². The number of nitrogens with zero attached hydrogens (tertiary/aromatic N) is 2. The van der Waals surface area contributed by atoms with Crippen LogP contribution in [-0.4, -0.2) is 61.6 Å². The van der Waals surface area contributed by atoms with E-state index < -0.39 is 0 Å². The highest BCUT2D eigenvalue weighted by Crippen LogP contribution is 2.25. The molecule has 6 heteroatoms. The first-order valence-electron chi connectivity index (χ1n) is 7.85. The molecule has 21 heavy (non-hydrogen) atoms. The molecule has 1 aliphatic carbocycles. The minimum Gasteiger partial charge on any atom is -0.355 e. The topological polar surface area (TPSA) is 68.8 Å². The molecular formula is C15H31N5O. The number of carbonyl (C=O) groups excluding carboxylic acids is 1. The number of likely N-dealkylation sites (N-methyl/N-ethyl adjacent to an activating group) is 1. The molecule has 3 N–H and O–H groups in total. The fourth-order valence-corrected chi connectivity index (χ4v) is 2.20. The second kappa shape index (κ2) is 8.22. The van der Waals surface area contributed by atoms with Gasteiger partial charge in [0.1, 0.15) is 0 Å². The van der Waals surface area contributed by atoms with Crippen molar-refractivity contribution in [2.45, 2.75) is 52.1 Å². The van der Waals surface area contributed by atoms with E-state index in [2.05, 4.69) is 32.8 Å². The predicted octanol–water partition coefficient (Wildman–Crippen LogP) is 0.550. The fraction of sp³-hybridized carbons (Fsp3) is 0.867. The standard InChI is InChI=1S/C15H31N5O/c1-6-20(12-7-8-12)10-9-17-14(16-5)18-11-13(21)19-15(2,3)4/h12H,6-11H2,1-5H3,(H,19,21)(H2,16,17,18). The summed E-state index contributed by atoms with van der Waals surface area (Å²) in [6.45, 7) is 11.3. The molecule has 122 valence electrons. The highest BCUT2D eigenvalue weighted by molar-refractivity contribution is 5.86. The Morgan fingerprint density at radius 1 is 1.29 bits per heavy atom. The first-order chi connectivity index (χ1) is 9.85. The van der Waals surface area contributed by atoms with Crippen LogP contribution in [0.4, 0.5) is 0 Å². The van der Waals surface area contributed by atoms with Crippen molar-refractivity contribution >= 4 is 11.9 Å². The first kappa shape index (κ1) is 17.8. The molecule has 0 aliphatic heterocycles. The monoisotopic (exact) mass is 297 g/mol. The maximum Gasteiger partial charge on any atom is 0.239 e. The molecule has 0 radical (unpaired) electrons. The summed E-state index contributed by atoms with van der Waals surface area (Å²) in [6.07, 6.45) is 2.65. The van der Waals surface area contributed by atoms with Gasteiger partial charge in [0.15, 0.2) is 5.96 Å². The Balaban J connectivity index is 2.21. The lowest BCUT2D eigenvalue weighted by Gasteiger charge is -2.22. The van der Waals surface area contributed by atoms with E-state index in [1.165, 1.54) is 12.8 Å². The van der Waals surface area contributed by atoms with Crippen molar-refractivity contribution in [3.8, 4) is 0 Å². The van der Waals surface area contributed by atoms with Crippen molar-refractivity contribution in [3.63, 3.8) is 0 Å². The zero-order chi connectivity index (χ0) is 15.9. The van der Waals surface area contributed by atoms with Gasteiger partial charge >= 0.3 is 0 Å². The molecular weight excluding hydrogens is 266 g/mol. The van der Waals surface area contributed by atoms with Crippen LogP contribution >= 0.6 is 0 Å². The molecule has 1 saturated carbocycles. The Labute approximate surface area is 128 Å². The van der Waals surface area contributed by atoms with Crippen LogP contribution in [0.1, 0.15) is 40.5 Å². The molecule has 0 bridgehead atoms. The van der Waals surface area contributed by atoms with E-state index in [1.54, 1.807) is 7.05 Å². The maximum atomic E-state index is 11.7. The number of amides is 1. The first-order valence-corrected chi connectivity index (χ1v) is 7.85. The number of nitrogens with one attached hydrogen (secondary N) is 3. The molecule has 0 aromatic heterocycles. The molecule has 6 nitrogen and oxygen atoms in total. The Bertz CT molecular complexity index is 358. The van der Waals surface area contributed by atoms with Crippen LogP contribution in [0.2, 0.25) is 0 Å². The van der Waals surface area contributed by atoms with E-state index in [0.717, 1.165) is 25.7 Å². The predicted molar refractivity (Wildman–Crippen MR) is 87.5 cm³/mol. The Morgan fingerprint density at radius 2 is 1.95 bits per heavy atom. The molecule has 0 unspecified atom stereocenters. The number of aliphatic imine (C=N–C) groups is 1. The molecule has 0 spiro atoms. The summed E-state index contributed by atoms with van der Waals surface area (Å²) in [6, 6.07) is 0.782. The van der Waals surface area contributed by atoms with E-state index in [0.29, 0.717) is 5.96 Å². The number of hydrogen-bond acceptors (Lipinski definition) is 3. The average molecular weight is 297 g/mol. The van der Waals surface area contributed by atoms with Crippen LogP contribution in [0, 0.1) is 0 Å². The maximum absolute atomic E-state index is 11.7. The third kappa shape index (κ3) is 7.90. The lowest BCUT2D eigenvalue weighted by molar-refractivity contribution is -0.121. The van der Waals surface area contributed by atoms with Gasteiger partial charge in [-0.25, -0.2) is 0 Å². The van der Waals surface area contributed by atoms with E-state index in [1.807, 2.05) is 20.8 Å². The zero-order valence-corrected chi connectivity index (χ0v) is 14.1. The van der Waals surface area contributed by atoms with Gasteiger partial charge in [0.05, 0.1) is 6.54 Å². The van der Waals surface area contributed by atoms with Gasteiger partial charge in [0, 0.05) is 31.7 Å². The normalized spacial score (nSPS) is 16.0. The summed E-state index contributed by atoms with van der Waals surface area (Å²) in [7, 11) is 1.72. The third-order valence-electron chi connectivity index (χ3n) is 3.32. The van der Waals surface area contributed by atoms with E-state index in [-0.39, 0.29) is 18.0 Å². The second-order valence-corrected chi connectivity index (χ2v) is 6.51. The van der Waals surface area contributed by atoms with Gasteiger partial charge in [-0.2, -0.15) is 0 Å². The van der Waals surface area contributed by atoms with Gasteiger partial charge in [-0.05, 0) is 40.2 Å². The van der Waals surface area contributed by atoms with Crippen molar-refractivity contribution in [1.29, 1.82) is 0 Å². The zero-order valence-electron chi connectivity index (χ0n) is 14.1. The minimum absolute atomic E-state index is 0.0291. The van der Waals surface area contributed by atoms with Gasteiger partial charge in [0.2, 0.25) is 5.91 Å². The van der Waals surface area contributed by atoms with Crippen LogP contribution in [-0.2, 0) is 4.79 Å². The summed E-state index contributed by atoms with van der Waals surface area (Å²) < 4.78 is 0. The van der Waals surface area contributed by atoms with Crippen molar-refractivity contribution in [2.75, 3.05) is 33.2 Å². The summed E-state index contributed by atoms with van der Waals surface area (Å²) in [5.74, 6) is 0.643. The molecule has 1 rings (SSSR count). The van der Waals surface area contributed by atoms with Crippen molar-refractivity contribution in [3.05, 3.63) is 0 Å². The number of hydrogen-bond donors (Lipinski definition) is 3. The molecule has 0 aromatic carbocycles. The van der Waals surface area contributed by atoms with Crippen molar-refractivity contribution in [2.24, 2.45) is 4.99 Å². The molecule has 1 amide bonds. The number of rotatable bonds is 7. The highest BCUT2D eigenvalue weighted by atomic mass is 16.2. The third-order valence-corrected chi connectivity index (χ3v) is 3.32. The Kier molecular flexibility index (Phi) is 6.95. The van der Waals surface area contributed by atoms with Crippen LogP contribution in [0.5, 0.6) is 0 Å². The molecule has 1 aliphatic rings.